The second-order valence-electron chi connectivity index (χ2n) is 5.08. The first kappa shape index (κ1) is 13.2. The summed E-state index contributed by atoms with van der Waals surface area (Å²) in [6, 6.07) is 17.9. The van der Waals surface area contributed by atoms with Crippen molar-refractivity contribution >= 4 is 0 Å². The lowest BCUT2D eigenvalue weighted by Crippen LogP contribution is -2.38. The molecule has 20 heavy (non-hydrogen) atoms. The molecule has 0 aromatic heterocycles. The summed E-state index contributed by atoms with van der Waals surface area (Å²) in [4.78, 5) is 0. The Bertz CT molecular complexity index is 539. The molecule has 2 unspecified atom stereocenters. The zero-order valence-corrected chi connectivity index (χ0v) is 11.6. The van der Waals surface area contributed by atoms with Crippen molar-refractivity contribution in [1.29, 1.82) is 0 Å². The monoisotopic (exact) mass is 269 g/mol. The standard InChI is InChI=1S/C17H19NO2/c1-13-11-18-12-17(19-13)14-7-9-16(10-8-14)20-15-5-3-2-4-6-15/h2-10,13,17-18H,11-12H2,1H3. The van der Waals surface area contributed by atoms with Crippen LogP contribution in [0.2, 0.25) is 0 Å². The number of rotatable bonds is 3. The Morgan fingerprint density at radius 3 is 2.35 bits per heavy atom. The highest BCUT2D eigenvalue weighted by Gasteiger charge is 2.20. The normalized spacial score (nSPS) is 22.4. The van der Waals surface area contributed by atoms with Gasteiger partial charge in [-0.1, -0.05) is 30.3 Å². The number of hydrogen-bond donors (Lipinski definition) is 1. The lowest BCUT2D eigenvalue weighted by atomic mass is 10.1. The van der Waals surface area contributed by atoms with Gasteiger partial charge in [0.05, 0.1) is 12.2 Å². The van der Waals surface area contributed by atoms with Gasteiger partial charge in [-0.05, 0) is 36.8 Å². The Kier molecular flexibility index (Phi) is 4.00. The molecule has 3 rings (SSSR count). The summed E-state index contributed by atoms with van der Waals surface area (Å²) in [6.45, 7) is 3.88. The van der Waals surface area contributed by atoms with Crippen LogP contribution in [-0.2, 0) is 4.74 Å². The molecule has 1 saturated heterocycles. The number of morpholine rings is 1. The SMILES string of the molecule is CC1CNCC(c2ccc(Oc3ccccc3)cc2)O1. The van der Waals surface area contributed by atoms with Gasteiger partial charge < -0.3 is 14.8 Å². The van der Waals surface area contributed by atoms with Gasteiger partial charge in [-0.2, -0.15) is 0 Å². The molecule has 2 aromatic carbocycles. The predicted octanol–water partition coefficient (Wildman–Crippen LogP) is 3.53. The van der Waals surface area contributed by atoms with Crippen molar-refractivity contribution in [3.05, 3.63) is 60.2 Å². The lowest BCUT2D eigenvalue weighted by Gasteiger charge is -2.29. The first-order chi connectivity index (χ1) is 9.81. The van der Waals surface area contributed by atoms with Crippen LogP contribution in [0.3, 0.4) is 0 Å². The second kappa shape index (κ2) is 6.07. The van der Waals surface area contributed by atoms with E-state index in [-0.39, 0.29) is 12.2 Å². The Labute approximate surface area is 119 Å². The first-order valence-electron chi connectivity index (χ1n) is 7.00. The van der Waals surface area contributed by atoms with Crippen LogP contribution in [0.25, 0.3) is 0 Å². The van der Waals surface area contributed by atoms with Crippen LogP contribution in [0.5, 0.6) is 11.5 Å². The topological polar surface area (TPSA) is 30.5 Å². The molecular formula is C17H19NO2. The van der Waals surface area contributed by atoms with Crippen molar-refractivity contribution in [2.45, 2.75) is 19.1 Å². The molecule has 1 N–H and O–H groups in total. The number of hydrogen-bond acceptors (Lipinski definition) is 3. The Morgan fingerprint density at radius 1 is 0.950 bits per heavy atom. The molecule has 3 heteroatoms. The molecule has 3 nitrogen and oxygen atoms in total. The van der Waals surface area contributed by atoms with Gasteiger partial charge in [0.1, 0.15) is 11.5 Å². The largest absolute Gasteiger partial charge is 0.457 e. The fourth-order valence-corrected chi connectivity index (χ4v) is 2.37. The average molecular weight is 269 g/mol. The third-order valence-corrected chi connectivity index (χ3v) is 3.39. The van der Waals surface area contributed by atoms with E-state index in [2.05, 4.69) is 24.4 Å². The number of para-hydroxylation sites is 1. The van der Waals surface area contributed by atoms with Crippen LogP contribution in [0.15, 0.2) is 54.6 Å². The Morgan fingerprint density at radius 2 is 1.65 bits per heavy atom. The number of nitrogens with one attached hydrogen (secondary N) is 1. The highest BCUT2D eigenvalue weighted by atomic mass is 16.5. The second-order valence-corrected chi connectivity index (χ2v) is 5.08. The molecule has 0 amide bonds. The highest BCUT2D eigenvalue weighted by Crippen LogP contribution is 2.26. The maximum absolute atomic E-state index is 5.93. The molecular weight excluding hydrogens is 250 g/mol. The van der Waals surface area contributed by atoms with Crippen LogP contribution in [-0.4, -0.2) is 19.2 Å². The number of benzene rings is 2. The minimum Gasteiger partial charge on any atom is -0.457 e. The lowest BCUT2D eigenvalue weighted by molar-refractivity contribution is -0.0287. The van der Waals surface area contributed by atoms with E-state index in [0.717, 1.165) is 24.6 Å². The van der Waals surface area contributed by atoms with E-state index in [1.165, 1.54) is 5.56 Å². The van der Waals surface area contributed by atoms with Crippen LogP contribution in [0.4, 0.5) is 0 Å². The fraction of sp³-hybridized carbons (Fsp3) is 0.294. The van der Waals surface area contributed by atoms with Gasteiger partial charge in [-0.25, -0.2) is 0 Å². The average Bonchev–Trinajstić information content (AvgIpc) is 2.49. The molecule has 0 radical (unpaired) electrons. The first-order valence-corrected chi connectivity index (χ1v) is 7.00. The van der Waals surface area contributed by atoms with Crippen LogP contribution >= 0.6 is 0 Å². The fourth-order valence-electron chi connectivity index (χ4n) is 2.37. The van der Waals surface area contributed by atoms with E-state index < -0.39 is 0 Å². The smallest absolute Gasteiger partial charge is 0.127 e. The van der Waals surface area contributed by atoms with E-state index in [4.69, 9.17) is 9.47 Å². The summed E-state index contributed by atoms with van der Waals surface area (Å²) in [7, 11) is 0. The Hall–Kier alpha value is -1.84. The quantitative estimate of drug-likeness (QED) is 0.924. The molecule has 2 aromatic rings. The molecule has 1 heterocycles. The Balaban J connectivity index is 1.68. The van der Waals surface area contributed by atoms with Crippen LogP contribution in [0.1, 0.15) is 18.6 Å². The van der Waals surface area contributed by atoms with Gasteiger partial charge in [0.25, 0.3) is 0 Å². The summed E-state index contributed by atoms with van der Waals surface area (Å²) in [5.74, 6) is 1.70. The zero-order chi connectivity index (χ0) is 13.8. The summed E-state index contributed by atoms with van der Waals surface area (Å²) in [5, 5.41) is 3.38. The van der Waals surface area contributed by atoms with Gasteiger partial charge in [0, 0.05) is 13.1 Å². The molecule has 1 aliphatic rings. The minimum atomic E-state index is 0.129. The highest BCUT2D eigenvalue weighted by molar-refractivity contribution is 5.33. The van der Waals surface area contributed by atoms with Crippen molar-refractivity contribution in [3.8, 4) is 11.5 Å². The van der Waals surface area contributed by atoms with Gasteiger partial charge in [-0.15, -0.1) is 0 Å². The number of ether oxygens (including phenoxy) is 2. The van der Waals surface area contributed by atoms with Crippen molar-refractivity contribution in [2.24, 2.45) is 0 Å². The molecule has 0 aliphatic carbocycles. The summed E-state index contributed by atoms with van der Waals surface area (Å²) in [6.07, 6.45) is 0.388. The summed E-state index contributed by atoms with van der Waals surface area (Å²) < 4.78 is 11.7. The van der Waals surface area contributed by atoms with Gasteiger partial charge in [0.2, 0.25) is 0 Å². The van der Waals surface area contributed by atoms with E-state index in [1.54, 1.807) is 0 Å². The molecule has 0 saturated carbocycles. The van der Waals surface area contributed by atoms with Gasteiger partial charge in [0.15, 0.2) is 0 Å². The maximum Gasteiger partial charge on any atom is 0.127 e. The van der Waals surface area contributed by atoms with Gasteiger partial charge >= 0.3 is 0 Å². The summed E-state index contributed by atoms with van der Waals surface area (Å²) in [5.41, 5.74) is 1.18. The summed E-state index contributed by atoms with van der Waals surface area (Å²) >= 11 is 0. The van der Waals surface area contributed by atoms with E-state index >= 15 is 0 Å². The van der Waals surface area contributed by atoms with Crippen LogP contribution in [0, 0.1) is 0 Å². The molecule has 2 atom stereocenters. The van der Waals surface area contributed by atoms with E-state index in [1.807, 2.05) is 42.5 Å². The van der Waals surface area contributed by atoms with Crippen molar-refractivity contribution in [1.82, 2.24) is 5.32 Å². The molecule has 0 bridgehead atoms. The third-order valence-electron chi connectivity index (χ3n) is 3.39. The van der Waals surface area contributed by atoms with Crippen molar-refractivity contribution < 1.29 is 9.47 Å². The molecule has 1 aliphatic heterocycles. The van der Waals surface area contributed by atoms with Crippen molar-refractivity contribution in [2.75, 3.05) is 13.1 Å². The third kappa shape index (κ3) is 3.18. The molecule has 0 spiro atoms. The van der Waals surface area contributed by atoms with E-state index in [0.29, 0.717) is 0 Å². The van der Waals surface area contributed by atoms with Crippen molar-refractivity contribution in [3.63, 3.8) is 0 Å². The van der Waals surface area contributed by atoms with Crippen LogP contribution < -0.4 is 10.1 Å². The molecule has 1 fully saturated rings. The maximum atomic E-state index is 5.93. The predicted molar refractivity (Wildman–Crippen MR) is 79.1 cm³/mol. The van der Waals surface area contributed by atoms with E-state index in [9.17, 15) is 0 Å². The van der Waals surface area contributed by atoms with Gasteiger partial charge in [-0.3, -0.25) is 0 Å². The molecule has 104 valence electrons. The zero-order valence-electron chi connectivity index (χ0n) is 11.6. The minimum absolute atomic E-state index is 0.129.